The molecule has 2 aliphatic heterocycles. The molecule has 1 unspecified atom stereocenters. The van der Waals surface area contributed by atoms with Gasteiger partial charge in [0.15, 0.2) is 0 Å². The number of pyridine rings is 1. The maximum Gasteiger partial charge on any atom is 0.326 e. The number of carboxylic acid groups (broad SMARTS) is 1. The van der Waals surface area contributed by atoms with Crippen molar-refractivity contribution in [2.75, 3.05) is 63.1 Å². The normalized spacial score (nSPS) is 15.9. The van der Waals surface area contributed by atoms with Crippen LogP contribution in [0.4, 0.5) is 11.6 Å². The number of nitrogens with zero attached hydrogens (tertiary/aromatic N) is 5. The first-order chi connectivity index (χ1) is 20.1. The summed E-state index contributed by atoms with van der Waals surface area (Å²) in [7, 11) is 0. The van der Waals surface area contributed by atoms with Crippen molar-refractivity contribution in [3.05, 3.63) is 54.0 Å². The number of fused-ring (bicyclic) bond motifs is 2. The van der Waals surface area contributed by atoms with Crippen LogP contribution < -0.4 is 10.6 Å². The zero-order valence-electron chi connectivity index (χ0n) is 23.4. The minimum atomic E-state index is -0.928. The van der Waals surface area contributed by atoms with E-state index in [0.29, 0.717) is 45.0 Å². The Balaban J connectivity index is 1.18. The monoisotopic (exact) mass is 561 g/mol. The minimum Gasteiger partial charge on any atom is -0.480 e. The summed E-state index contributed by atoms with van der Waals surface area (Å²) in [6, 6.07) is 11.1. The molecular formula is C30H39N7O4. The fourth-order valence-electron chi connectivity index (χ4n) is 5.39. The predicted molar refractivity (Wildman–Crippen MR) is 157 cm³/mol. The highest BCUT2D eigenvalue weighted by atomic mass is 16.5. The predicted octanol–water partition coefficient (Wildman–Crippen LogP) is 2.82. The van der Waals surface area contributed by atoms with Crippen LogP contribution in [0.15, 0.2) is 42.7 Å². The molecule has 1 amide bonds. The molecule has 2 aliphatic rings. The zero-order chi connectivity index (χ0) is 28.4. The summed E-state index contributed by atoms with van der Waals surface area (Å²) in [5, 5.41) is 17.3. The molecule has 41 heavy (non-hydrogen) atoms. The lowest BCUT2D eigenvalue weighted by molar-refractivity contribution is -0.142. The molecule has 0 radical (unpaired) electrons. The van der Waals surface area contributed by atoms with Gasteiger partial charge in [0.05, 0.1) is 12.1 Å². The van der Waals surface area contributed by atoms with E-state index < -0.39 is 12.0 Å². The molecule has 0 bridgehead atoms. The smallest absolute Gasteiger partial charge is 0.326 e. The highest BCUT2D eigenvalue weighted by molar-refractivity contribution is 5.90. The molecule has 218 valence electrons. The van der Waals surface area contributed by atoms with E-state index in [-0.39, 0.29) is 12.5 Å². The lowest BCUT2D eigenvalue weighted by Crippen LogP contribution is -2.46. The standard InChI is InChI=1S/C30H39N7O4/c38-27-20-41-19-18-37(27)17-16-36(14-4-3-7-23-11-10-22-6-5-13-31-28(22)34-23)15-12-26(30(39)40)35-29-24-8-1-2-9-25(24)32-21-33-29/h1-2,8-11,21,26H,3-7,12-20H2,(H,31,34)(H,39,40)(H,32,33,35). The van der Waals surface area contributed by atoms with Crippen LogP contribution in [0.25, 0.3) is 10.9 Å². The third-order valence-corrected chi connectivity index (χ3v) is 7.76. The van der Waals surface area contributed by atoms with Gasteiger partial charge in [0, 0.05) is 43.8 Å². The van der Waals surface area contributed by atoms with Crippen molar-refractivity contribution in [2.45, 2.75) is 44.6 Å². The van der Waals surface area contributed by atoms with Gasteiger partial charge in [0.2, 0.25) is 5.91 Å². The second-order valence-electron chi connectivity index (χ2n) is 10.6. The number of hydrogen-bond acceptors (Lipinski definition) is 9. The lowest BCUT2D eigenvalue weighted by Gasteiger charge is -2.30. The zero-order valence-corrected chi connectivity index (χ0v) is 23.4. The summed E-state index contributed by atoms with van der Waals surface area (Å²) in [6.07, 6.45) is 6.89. The van der Waals surface area contributed by atoms with Gasteiger partial charge in [-0.25, -0.2) is 19.7 Å². The molecule has 1 aromatic carbocycles. The Labute approximate surface area is 240 Å². The summed E-state index contributed by atoms with van der Waals surface area (Å²) >= 11 is 0. The first-order valence-corrected chi connectivity index (χ1v) is 14.6. The molecule has 11 heteroatoms. The van der Waals surface area contributed by atoms with E-state index in [2.05, 4.69) is 37.6 Å². The molecule has 0 spiro atoms. The van der Waals surface area contributed by atoms with Crippen LogP contribution in [0, 0.1) is 0 Å². The van der Waals surface area contributed by atoms with E-state index in [0.717, 1.165) is 67.6 Å². The van der Waals surface area contributed by atoms with Gasteiger partial charge in [-0.1, -0.05) is 18.2 Å². The number of rotatable bonds is 14. The van der Waals surface area contributed by atoms with Crippen LogP contribution in [-0.4, -0.2) is 100 Å². The van der Waals surface area contributed by atoms with Gasteiger partial charge in [-0.2, -0.15) is 0 Å². The average molecular weight is 562 g/mol. The molecule has 0 aliphatic carbocycles. The van der Waals surface area contributed by atoms with Gasteiger partial charge in [-0.05, 0) is 68.8 Å². The number of carboxylic acids is 1. The van der Waals surface area contributed by atoms with Crippen LogP contribution in [0.2, 0.25) is 0 Å². The molecule has 3 N–H and O–H groups in total. The van der Waals surface area contributed by atoms with Crippen molar-refractivity contribution in [3.8, 4) is 0 Å². The first kappa shape index (κ1) is 28.7. The van der Waals surface area contributed by atoms with Gasteiger partial charge >= 0.3 is 5.97 Å². The number of aryl methyl sites for hydroxylation is 2. The third-order valence-electron chi connectivity index (χ3n) is 7.76. The minimum absolute atomic E-state index is 0.00371. The van der Waals surface area contributed by atoms with Gasteiger partial charge in [0.25, 0.3) is 0 Å². The maximum absolute atomic E-state index is 12.3. The summed E-state index contributed by atoms with van der Waals surface area (Å²) in [4.78, 5) is 42.0. The molecule has 2 aromatic heterocycles. The number of benzene rings is 1. The Morgan fingerprint density at radius 1 is 1.15 bits per heavy atom. The molecule has 1 fully saturated rings. The van der Waals surface area contributed by atoms with Gasteiger partial charge < -0.3 is 30.3 Å². The number of aromatic nitrogens is 3. The topological polar surface area (TPSA) is 133 Å². The van der Waals surface area contributed by atoms with Crippen molar-refractivity contribution >= 4 is 34.4 Å². The highest BCUT2D eigenvalue weighted by Crippen LogP contribution is 2.21. The van der Waals surface area contributed by atoms with Crippen molar-refractivity contribution in [1.29, 1.82) is 0 Å². The number of carbonyl (C=O) groups is 2. The summed E-state index contributed by atoms with van der Waals surface area (Å²) in [6.45, 7) is 4.90. The highest BCUT2D eigenvalue weighted by Gasteiger charge is 2.22. The van der Waals surface area contributed by atoms with E-state index >= 15 is 0 Å². The number of ether oxygens (including phenoxy) is 1. The van der Waals surface area contributed by atoms with E-state index in [1.807, 2.05) is 29.2 Å². The number of aliphatic carboxylic acids is 1. The Hall–Kier alpha value is -3.83. The molecule has 0 saturated carbocycles. The number of anilines is 2. The van der Waals surface area contributed by atoms with Crippen LogP contribution in [0.3, 0.4) is 0 Å². The number of morpholine rings is 1. The average Bonchev–Trinajstić information content (AvgIpc) is 3.00. The maximum atomic E-state index is 12.3. The Morgan fingerprint density at radius 3 is 2.93 bits per heavy atom. The van der Waals surface area contributed by atoms with Crippen molar-refractivity contribution in [1.82, 2.24) is 24.8 Å². The number of carbonyl (C=O) groups excluding carboxylic acids is 1. The molecule has 4 heterocycles. The largest absolute Gasteiger partial charge is 0.480 e. The number of unbranched alkanes of at least 4 members (excludes halogenated alkanes) is 1. The van der Waals surface area contributed by atoms with Gasteiger partial charge in [-0.3, -0.25) is 4.79 Å². The number of nitrogens with one attached hydrogen (secondary N) is 2. The van der Waals surface area contributed by atoms with E-state index in [1.165, 1.54) is 11.9 Å². The fourth-order valence-corrected chi connectivity index (χ4v) is 5.39. The number of hydrogen-bond donors (Lipinski definition) is 3. The van der Waals surface area contributed by atoms with Gasteiger partial charge in [0.1, 0.15) is 30.6 Å². The molecule has 11 nitrogen and oxygen atoms in total. The van der Waals surface area contributed by atoms with Crippen molar-refractivity contribution < 1.29 is 19.4 Å². The Kier molecular flexibility index (Phi) is 9.92. The summed E-state index contributed by atoms with van der Waals surface area (Å²) in [5.41, 5.74) is 3.14. The number of amides is 1. The van der Waals surface area contributed by atoms with Gasteiger partial charge in [-0.15, -0.1) is 0 Å². The van der Waals surface area contributed by atoms with E-state index in [1.54, 1.807) is 0 Å². The van der Waals surface area contributed by atoms with Crippen LogP contribution in [-0.2, 0) is 27.2 Å². The second-order valence-corrected chi connectivity index (χ2v) is 10.6. The SMILES string of the molecule is O=C(O)C(CCN(CCCCc1ccc2c(n1)NCCC2)CCN1CCOCC1=O)Nc1ncnc2ccccc12. The molecular weight excluding hydrogens is 522 g/mol. The molecule has 5 rings (SSSR count). The fraction of sp³-hybridized carbons (Fsp3) is 0.500. The second kappa shape index (κ2) is 14.2. The molecule has 1 saturated heterocycles. The Bertz CT molecular complexity index is 1330. The number of para-hydroxylation sites is 1. The lowest BCUT2D eigenvalue weighted by atomic mass is 10.1. The molecule has 1 atom stereocenters. The van der Waals surface area contributed by atoms with Crippen molar-refractivity contribution in [2.24, 2.45) is 0 Å². The first-order valence-electron chi connectivity index (χ1n) is 14.6. The summed E-state index contributed by atoms with van der Waals surface area (Å²) < 4.78 is 5.27. The van der Waals surface area contributed by atoms with Crippen LogP contribution in [0.1, 0.15) is 36.9 Å². The summed E-state index contributed by atoms with van der Waals surface area (Å²) in [5.74, 6) is 0.613. The van der Waals surface area contributed by atoms with Crippen LogP contribution in [0.5, 0.6) is 0 Å². The third kappa shape index (κ3) is 7.89. The van der Waals surface area contributed by atoms with Crippen LogP contribution >= 0.6 is 0 Å². The molecule has 3 aromatic rings. The Morgan fingerprint density at radius 2 is 2.05 bits per heavy atom. The van der Waals surface area contributed by atoms with E-state index in [4.69, 9.17) is 9.72 Å². The van der Waals surface area contributed by atoms with E-state index in [9.17, 15) is 14.7 Å². The van der Waals surface area contributed by atoms with Crippen molar-refractivity contribution in [3.63, 3.8) is 0 Å². The quantitative estimate of drug-likeness (QED) is 0.252.